The van der Waals surface area contributed by atoms with Crippen LogP contribution in [0.3, 0.4) is 0 Å². The van der Waals surface area contributed by atoms with Crippen molar-refractivity contribution in [2.45, 2.75) is 12.5 Å². The molecule has 0 saturated heterocycles. The van der Waals surface area contributed by atoms with Crippen molar-refractivity contribution in [1.29, 1.82) is 0 Å². The lowest BCUT2D eigenvalue weighted by Crippen LogP contribution is -2.37. The van der Waals surface area contributed by atoms with Crippen LogP contribution in [0.4, 0.5) is 5.82 Å². The summed E-state index contributed by atoms with van der Waals surface area (Å²) in [5.41, 5.74) is 5.35. The topological polar surface area (TPSA) is 105 Å². The number of carboxylic acid groups (broad SMARTS) is 1. The molecule has 1 heterocycles. The van der Waals surface area contributed by atoms with E-state index in [2.05, 4.69) is 10.3 Å². The van der Waals surface area contributed by atoms with Crippen LogP contribution < -0.4 is 11.1 Å². The van der Waals surface area contributed by atoms with Crippen LogP contribution in [0.15, 0.2) is 18.2 Å². The van der Waals surface area contributed by atoms with Crippen molar-refractivity contribution in [3.8, 4) is 0 Å². The Bertz CT molecular complexity index is 411. The number of nitrogens with one attached hydrogen (secondary N) is 1. The van der Waals surface area contributed by atoms with E-state index in [-0.39, 0.29) is 11.0 Å². The molecule has 0 aliphatic heterocycles. The molecule has 86 valence electrons. The zero-order valence-corrected chi connectivity index (χ0v) is 8.94. The highest BCUT2D eigenvalue weighted by Crippen LogP contribution is 2.09. The number of carbonyl (C=O) groups is 2. The van der Waals surface area contributed by atoms with Crippen LogP contribution in [0.1, 0.15) is 6.42 Å². The molecule has 0 aliphatic rings. The van der Waals surface area contributed by atoms with Gasteiger partial charge in [-0.2, -0.15) is 0 Å². The molecule has 16 heavy (non-hydrogen) atoms. The molecule has 1 amide bonds. The quantitative estimate of drug-likeness (QED) is 0.667. The number of halogens is 1. The van der Waals surface area contributed by atoms with Gasteiger partial charge in [-0.25, -0.2) is 4.98 Å². The lowest BCUT2D eigenvalue weighted by atomic mass is 10.2. The lowest BCUT2D eigenvalue weighted by Gasteiger charge is -2.09. The second-order valence-electron chi connectivity index (χ2n) is 3.04. The minimum Gasteiger partial charge on any atom is -0.481 e. The average molecular weight is 244 g/mol. The van der Waals surface area contributed by atoms with Gasteiger partial charge in [0.05, 0.1) is 12.5 Å². The Labute approximate surface area is 96.4 Å². The van der Waals surface area contributed by atoms with Gasteiger partial charge in [0.15, 0.2) is 0 Å². The number of anilines is 1. The second kappa shape index (κ2) is 5.43. The average Bonchev–Trinajstić information content (AvgIpc) is 2.16. The van der Waals surface area contributed by atoms with Crippen LogP contribution in [0.5, 0.6) is 0 Å². The molecule has 0 fully saturated rings. The summed E-state index contributed by atoms with van der Waals surface area (Å²) in [6.45, 7) is 0. The molecule has 0 spiro atoms. The first kappa shape index (κ1) is 12.4. The van der Waals surface area contributed by atoms with E-state index in [0.29, 0.717) is 0 Å². The molecule has 4 N–H and O–H groups in total. The van der Waals surface area contributed by atoms with Crippen LogP contribution in [-0.4, -0.2) is 28.0 Å². The van der Waals surface area contributed by atoms with Crippen molar-refractivity contribution in [1.82, 2.24) is 4.98 Å². The van der Waals surface area contributed by atoms with Crippen molar-refractivity contribution in [3.63, 3.8) is 0 Å². The lowest BCUT2D eigenvalue weighted by molar-refractivity contribution is -0.138. The van der Waals surface area contributed by atoms with Gasteiger partial charge in [0.25, 0.3) is 0 Å². The minimum absolute atomic E-state index is 0.226. The molecule has 1 atom stereocenters. The van der Waals surface area contributed by atoms with E-state index in [1.165, 1.54) is 6.07 Å². The number of rotatable bonds is 4. The summed E-state index contributed by atoms with van der Waals surface area (Å²) in [6, 6.07) is 3.57. The Hall–Kier alpha value is -1.66. The van der Waals surface area contributed by atoms with Crippen LogP contribution >= 0.6 is 11.6 Å². The summed E-state index contributed by atoms with van der Waals surface area (Å²) in [6.07, 6.45) is -0.438. The molecular formula is C9H10ClN3O3. The number of aromatic nitrogens is 1. The van der Waals surface area contributed by atoms with Crippen molar-refractivity contribution < 1.29 is 14.7 Å². The maximum absolute atomic E-state index is 11.4. The van der Waals surface area contributed by atoms with E-state index in [1.807, 2.05) is 0 Å². The maximum atomic E-state index is 11.4. The number of hydrogen-bond acceptors (Lipinski definition) is 4. The minimum atomic E-state index is -1.14. The fraction of sp³-hybridized carbons (Fsp3) is 0.222. The van der Waals surface area contributed by atoms with Crippen molar-refractivity contribution >= 4 is 29.3 Å². The zero-order valence-electron chi connectivity index (χ0n) is 8.18. The third kappa shape index (κ3) is 3.84. The third-order valence-electron chi connectivity index (χ3n) is 1.70. The number of carboxylic acids is 1. The number of amides is 1. The van der Waals surface area contributed by atoms with E-state index in [4.69, 9.17) is 22.4 Å². The molecule has 1 aromatic heterocycles. The molecular weight excluding hydrogens is 234 g/mol. The van der Waals surface area contributed by atoms with Gasteiger partial charge in [-0.1, -0.05) is 17.7 Å². The Morgan fingerprint density at radius 2 is 2.25 bits per heavy atom. The summed E-state index contributed by atoms with van der Waals surface area (Å²) in [7, 11) is 0. The number of hydrogen-bond donors (Lipinski definition) is 3. The summed E-state index contributed by atoms with van der Waals surface area (Å²) >= 11 is 5.60. The van der Waals surface area contributed by atoms with Crippen molar-refractivity contribution in [2.75, 3.05) is 5.32 Å². The molecule has 0 radical (unpaired) electrons. The fourth-order valence-electron chi connectivity index (χ4n) is 0.978. The number of nitrogens with zero attached hydrogens (tertiary/aromatic N) is 1. The van der Waals surface area contributed by atoms with Gasteiger partial charge in [-0.05, 0) is 12.1 Å². The standard InChI is InChI=1S/C9H10ClN3O3/c10-6-2-1-3-7(12-6)13-9(16)5(11)4-8(14)15/h1-3,5H,4,11H2,(H,14,15)(H,12,13,16). The molecule has 0 bridgehead atoms. The van der Waals surface area contributed by atoms with Crippen molar-refractivity contribution in [3.05, 3.63) is 23.4 Å². The second-order valence-corrected chi connectivity index (χ2v) is 3.43. The highest BCUT2D eigenvalue weighted by atomic mass is 35.5. The van der Waals surface area contributed by atoms with Gasteiger partial charge in [-0.3, -0.25) is 9.59 Å². The van der Waals surface area contributed by atoms with E-state index in [0.717, 1.165) is 0 Å². The highest BCUT2D eigenvalue weighted by Gasteiger charge is 2.17. The Balaban J connectivity index is 2.60. The van der Waals surface area contributed by atoms with E-state index >= 15 is 0 Å². The van der Waals surface area contributed by atoms with Gasteiger partial charge in [0.1, 0.15) is 11.0 Å². The van der Waals surface area contributed by atoms with Crippen LogP contribution in [0, 0.1) is 0 Å². The Morgan fingerprint density at radius 1 is 1.56 bits per heavy atom. The van der Waals surface area contributed by atoms with E-state index in [9.17, 15) is 9.59 Å². The SMILES string of the molecule is NC(CC(=O)O)C(=O)Nc1cccc(Cl)n1. The van der Waals surface area contributed by atoms with Crippen LogP contribution in [0.2, 0.25) is 5.15 Å². The molecule has 6 nitrogen and oxygen atoms in total. The van der Waals surface area contributed by atoms with Gasteiger partial charge in [0, 0.05) is 0 Å². The summed E-state index contributed by atoms with van der Waals surface area (Å²) in [4.78, 5) is 25.5. The fourth-order valence-corrected chi connectivity index (χ4v) is 1.14. The Kier molecular flexibility index (Phi) is 4.21. The first-order valence-electron chi connectivity index (χ1n) is 4.40. The number of carbonyl (C=O) groups excluding carboxylic acids is 1. The van der Waals surface area contributed by atoms with Crippen LogP contribution in [0.25, 0.3) is 0 Å². The number of pyridine rings is 1. The molecule has 7 heteroatoms. The molecule has 0 aromatic carbocycles. The maximum Gasteiger partial charge on any atom is 0.305 e. The largest absolute Gasteiger partial charge is 0.481 e. The first-order valence-corrected chi connectivity index (χ1v) is 4.77. The predicted molar refractivity (Wildman–Crippen MR) is 58.1 cm³/mol. The molecule has 0 aliphatic carbocycles. The van der Waals surface area contributed by atoms with Gasteiger partial charge >= 0.3 is 5.97 Å². The van der Waals surface area contributed by atoms with E-state index < -0.39 is 24.3 Å². The summed E-state index contributed by atoms with van der Waals surface area (Å²) in [5.74, 6) is -1.52. The third-order valence-corrected chi connectivity index (χ3v) is 1.91. The number of nitrogens with two attached hydrogens (primary N) is 1. The van der Waals surface area contributed by atoms with Gasteiger partial charge < -0.3 is 16.2 Å². The predicted octanol–water partition coefficient (Wildman–Crippen LogP) is 0.475. The number of aliphatic carboxylic acids is 1. The van der Waals surface area contributed by atoms with E-state index in [1.54, 1.807) is 12.1 Å². The molecule has 1 rings (SSSR count). The first-order chi connectivity index (χ1) is 7.49. The highest BCUT2D eigenvalue weighted by molar-refractivity contribution is 6.29. The molecule has 1 unspecified atom stereocenters. The van der Waals surface area contributed by atoms with Crippen molar-refractivity contribution in [2.24, 2.45) is 5.73 Å². The summed E-state index contributed by atoms with van der Waals surface area (Å²) < 4.78 is 0. The van der Waals surface area contributed by atoms with Gasteiger partial charge in [-0.15, -0.1) is 0 Å². The smallest absolute Gasteiger partial charge is 0.305 e. The Morgan fingerprint density at radius 3 is 2.81 bits per heavy atom. The van der Waals surface area contributed by atoms with Gasteiger partial charge in [0.2, 0.25) is 5.91 Å². The monoisotopic (exact) mass is 243 g/mol. The van der Waals surface area contributed by atoms with Crippen LogP contribution in [-0.2, 0) is 9.59 Å². The molecule has 0 saturated carbocycles. The molecule has 1 aromatic rings. The normalized spacial score (nSPS) is 11.9. The summed E-state index contributed by atoms with van der Waals surface area (Å²) in [5, 5.41) is 11.0. The zero-order chi connectivity index (χ0) is 12.1.